The van der Waals surface area contributed by atoms with Crippen LogP contribution in [0.1, 0.15) is 41.5 Å². The maximum atomic E-state index is 11.8. The predicted molar refractivity (Wildman–Crippen MR) is 82.7 cm³/mol. The van der Waals surface area contributed by atoms with Crippen molar-refractivity contribution in [3.05, 3.63) is 65.2 Å². The molecule has 1 unspecified atom stereocenters. The van der Waals surface area contributed by atoms with E-state index in [4.69, 9.17) is 5.73 Å². The zero-order chi connectivity index (χ0) is 14.4. The van der Waals surface area contributed by atoms with E-state index in [9.17, 15) is 4.79 Å². The number of nitrogens with two attached hydrogens (primary N) is 1. The van der Waals surface area contributed by atoms with Gasteiger partial charge >= 0.3 is 0 Å². The van der Waals surface area contributed by atoms with Crippen LogP contribution in [-0.2, 0) is 4.79 Å². The highest BCUT2D eigenvalue weighted by atomic mass is 16.1. The van der Waals surface area contributed by atoms with Crippen molar-refractivity contribution in [2.75, 3.05) is 5.73 Å². The summed E-state index contributed by atoms with van der Waals surface area (Å²) in [4.78, 5) is 11.8. The minimum absolute atomic E-state index is 0.157. The molecule has 1 aliphatic carbocycles. The summed E-state index contributed by atoms with van der Waals surface area (Å²) in [5.41, 5.74) is 10.5. The Kier molecular flexibility index (Phi) is 2.74. The lowest BCUT2D eigenvalue weighted by Gasteiger charge is -2.30. The molecule has 1 fully saturated rings. The molecular weight excluding hydrogens is 260 g/mol. The summed E-state index contributed by atoms with van der Waals surface area (Å²) in [5.74, 6) is 0.972. The molecule has 2 aromatic rings. The van der Waals surface area contributed by atoms with Crippen molar-refractivity contribution >= 4 is 11.6 Å². The molecule has 0 aromatic heterocycles. The van der Waals surface area contributed by atoms with Gasteiger partial charge in [0.05, 0.1) is 6.04 Å². The number of rotatable bonds is 1. The molecule has 0 saturated carbocycles. The van der Waals surface area contributed by atoms with Crippen molar-refractivity contribution in [3.63, 3.8) is 0 Å². The number of carbonyl (C=O) groups is 1. The number of amides is 1. The second-order valence-electron chi connectivity index (χ2n) is 6.02. The maximum Gasteiger partial charge on any atom is 0.220 e. The zero-order valence-electron chi connectivity index (χ0n) is 11.8. The Morgan fingerprint density at radius 1 is 1.00 bits per heavy atom. The van der Waals surface area contributed by atoms with E-state index >= 15 is 0 Å². The van der Waals surface area contributed by atoms with Gasteiger partial charge < -0.3 is 11.1 Å². The highest BCUT2D eigenvalue weighted by molar-refractivity contribution is 5.78. The van der Waals surface area contributed by atoms with Gasteiger partial charge in [-0.05, 0) is 41.2 Å². The van der Waals surface area contributed by atoms with Gasteiger partial charge in [-0.3, -0.25) is 4.79 Å². The topological polar surface area (TPSA) is 55.1 Å². The van der Waals surface area contributed by atoms with Crippen LogP contribution in [0.25, 0.3) is 0 Å². The average molecular weight is 278 g/mol. The Morgan fingerprint density at radius 2 is 1.71 bits per heavy atom. The molecule has 3 N–H and O–H groups in total. The number of nitrogen functional groups attached to an aromatic ring is 1. The van der Waals surface area contributed by atoms with Crippen molar-refractivity contribution in [2.45, 2.75) is 24.8 Å². The van der Waals surface area contributed by atoms with Crippen molar-refractivity contribution in [3.8, 4) is 0 Å². The summed E-state index contributed by atoms with van der Waals surface area (Å²) >= 11 is 0. The Morgan fingerprint density at radius 3 is 2.48 bits per heavy atom. The third-order valence-electron chi connectivity index (χ3n) is 4.84. The molecule has 3 heteroatoms. The summed E-state index contributed by atoms with van der Waals surface area (Å²) in [7, 11) is 0. The van der Waals surface area contributed by atoms with Crippen molar-refractivity contribution in [1.82, 2.24) is 5.32 Å². The highest BCUT2D eigenvalue weighted by Gasteiger charge is 2.43. The number of fused-ring (bicyclic) bond motifs is 3. The molecule has 21 heavy (non-hydrogen) atoms. The number of benzene rings is 2. The summed E-state index contributed by atoms with van der Waals surface area (Å²) in [5, 5.41) is 3.18. The Labute approximate surface area is 124 Å². The van der Waals surface area contributed by atoms with Crippen molar-refractivity contribution in [2.24, 2.45) is 5.92 Å². The summed E-state index contributed by atoms with van der Waals surface area (Å²) in [6, 6.07) is 16.8. The summed E-state index contributed by atoms with van der Waals surface area (Å²) < 4.78 is 0. The molecule has 2 aromatic carbocycles. The molecule has 106 valence electrons. The largest absolute Gasteiger partial charge is 0.399 e. The smallest absolute Gasteiger partial charge is 0.220 e. The molecule has 1 heterocycles. The van der Waals surface area contributed by atoms with Crippen LogP contribution in [-0.4, -0.2) is 5.91 Å². The van der Waals surface area contributed by atoms with Crippen LogP contribution in [0.3, 0.4) is 0 Å². The quantitative estimate of drug-likeness (QED) is 0.788. The number of anilines is 1. The first-order valence-corrected chi connectivity index (χ1v) is 7.47. The van der Waals surface area contributed by atoms with E-state index in [0.717, 1.165) is 12.1 Å². The minimum atomic E-state index is 0.157. The molecule has 1 aliphatic heterocycles. The molecule has 2 aliphatic rings. The Bertz CT molecular complexity index is 693. The molecule has 3 nitrogen and oxygen atoms in total. The Balaban J connectivity index is 1.83. The normalized spacial score (nSPS) is 26.9. The number of carbonyl (C=O) groups excluding carboxylic acids is 1. The van der Waals surface area contributed by atoms with Crippen LogP contribution >= 0.6 is 0 Å². The fourth-order valence-corrected chi connectivity index (χ4v) is 3.92. The lowest BCUT2D eigenvalue weighted by atomic mass is 9.80. The van der Waals surface area contributed by atoms with Crippen LogP contribution in [0.4, 0.5) is 5.69 Å². The van der Waals surface area contributed by atoms with Crippen LogP contribution in [0.15, 0.2) is 48.5 Å². The first-order valence-electron chi connectivity index (χ1n) is 7.47. The second kappa shape index (κ2) is 4.62. The third-order valence-corrected chi connectivity index (χ3v) is 4.84. The SMILES string of the molecule is Nc1ccc(C2c3ccccc3[C@H]3NC(=O)CC[C@H]23)cc1. The molecule has 1 saturated heterocycles. The molecule has 0 bridgehead atoms. The van der Waals surface area contributed by atoms with E-state index in [1.807, 2.05) is 12.1 Å². The van der Waals surface area contributed by atoms with Gasteiger partial charge in [-0.25, -0.2) is 0 Å². The fraction of sp³-hybridized carbons (Fsp3) is 0.278. The fourth-order valence-electron chi connectivity index (χ4n) is 3.92. The van der Waals surface area contributed by atoms with Gasteiger partial charge in [-0.15, -0.1) is 0 Å². The Hall–Kier alpha value is -2.29. The lowest BCUT2D eigenvalue weighted by molar-refractivity contribution is -0.124. The van der Waals surface area contributed by atoms with Gasteiger partial charge in [0.1, 0.15) is 0 Å². The van der Waals surface area contributed by atoms with Gasteiger partial charge in [-0.2, -0.15) is 0 Å². The van der Waals surface area contributed by atoms with E-state index in [1.54, 1.807) is 0 Å². The van der Waals surface area contributed by atoms with Crippen molar-refractivity contribution < 1.29 is 4.79 Å². The summed E-state index contributed by atoms with van der Waals surface area (Å²) in [6.07, 6.45) is 1.57. The molecule has 3 atom stereocenters. The van der Waals surface area contributed by atoms with Crippen LogP contribution < -0.4 is 11.1 Å². The van der Waals surface area contributed by atoms with Gasteiger partial charge in [0.15, 0.2) is 0 Å². The second-order valence-corrected chi connectivity index (χ2v) is 6.02. The van der Waals surface area contributed by atoms with Gasteiger partial charge in [0.2, 0.25) is 5.91 Å². The molecule has 1 amide bonds. The van der Waals surface area contributed by atoms with E-state index in [1.165, 1.54) is 16.7 Å². The minimum Gasteiger partial charge on any atom is -0.399 e. The van der Waals surface area contributed by atoms with Crippen LogP contribution in [0.5, 0.6) is 0 Å². The van der Waals surface area contributed by atoms with Gasteiger partial charge in [0, 0.05) is 18.0 Å². The van der Waals surface area contributed by atoms with E-state index < -0.39 is 0 Å². The van der Waals surface area contributed by atoms with E-state index in [2.05, 4.69) is 41.7 Å². The standard InChI is InChI=1S/C18H18N2O/c19-12-7-5-11(6-8-12)17-13-3-1-2-4-14(13)18-15(17)9-10-16(21)20-18/h1-8,15,17-18H,9-10,19H2,(H,20,21)/t15-,17?,18-/m1/s1. The molecular formula is C18H18N2O. The first-order chi connectivity index (χ1) is 10.2. The zero-order valence-corrected chi connectivity index (χ0v) is 11.8. The first kappa shape index (κ1) is 12.5. The number of hydrogen-bond acceptors (Lipinski definition) is 2. The number of piperidine rings is 1. The predicted octanol–water partition coefficient (Wildman–Crippen LogP) is 2.98. The molecule has 0 spiro atoms. The van der Waals surface area contributed by atoms with Crippen molar-refractivity contribution in [1.29, 1.82) is 0 Å². The summed E-state index contributed by atoms with van der Waals surface area (Å²) in [6.45, 7) is 0. The lowest BCUT2D eigenvalue weighted by Crippen LogP contribution is -2.37. The highest BCUT2D eigenvalue weighted by Crippen LogP contribution is 2.51. The molecule has 0 radical (unpaired) electrons. The number of hydrogen-bond donors (Lipinski definition) is 2. The van der Waals surface area contributed by atoms with Gasteiger partial charge in [-0.1, -0.05) is 36.4 Å². The number of nitrogens with one attached hydrogen (secondary N) is 1. The van der Waals surface area contributed by atoms with E-state index in [0.29, 0.717) is 18.3 Å². The van der Waals surface area contributed by atoms with Crippen LogP contribution in [0, 0.1) is 5.92 Å². The van der Waals surface area contributed by atoms with Gasteiger partial charge in [0.25, 0.3) is 0 Å². The third kappa shape index (κ3) is 1.92. The van der Waals surface area contributed by atoms with Crippen LogP contribution in [0.2, 0.25) is 0 Å². The van der Waals surface area contributed by atoms with E-state index in [-0.39, 0.29) is 11.9 Å². The average Bonchev–Trinajstić information content (AvgIpc) is 2.82. The maximum absolute atomic E-state index is 11.8. The monoisotopic (exact) mass is 278 g/mol. The molecule has 4 rings (SSSR count).